The molecule has 1 N–H and O–H groups in total. The number of para-hydroxylation sites is 1. The summed E-state index contributed by atoms with van der Waals surface area (Å²) in [7, 11) is 0. The number of carbonyl (C=O) groups is 1. The molecule has 3 rings (SSSR count). The standard InChI is InChI=1S/C18H19NO2/c1-18(2,3)13-10-8-12(9-11-13)17-19-16(20)14-6-4-5-7-15(14)21-17/h4-11,17H,1-3H3,(H,19,20)/t17-/m0/s1. The van der Waals surface area contributed by atoms with E-state index in [0.717, 1.165) is 5.56 Å². The van der Waals surface area contributed by atoms with Crippen LogP contribution in [0.25, 0.3) is 0 Å². The van der Waals surface area contributed by atoms with Gasteiger partial charge in [0, 0.05) is 5.56 Å². The molecule has 0 radical (unpaired) electrons. The maximum atomic E-state index is 12.1. The van der Waals surface area contributed by atoms with Crippen LogP contribution in [0, 0.1) is 0 Å². The van der Waals surface area contributed by atoms with Crippen molar-refractivity contribution in [2.75, 3.05) is 0 Å². The monoisotopic (exact) mass is 281 g/mol. The van der Waals surface area contributed by atoms with Crippen molar-refractivity contribution >= 4 is 5.91 Å². The van der Waals surface area contributed by atoms with Gasteiger partial charge in [0.15, 0.2) is 6.23 Å². The molecule has 0 fully saturated rings. The number of hydrogen-bond acceptors (Lipinski definition) is 2. The molecule has 2 aromatic rings. The quantitative estimate of drug-likeness (QED) is 0.863. The van der Waals surface area contributed by atoms with Gasteiger partial charge in [-0.3, -0.25) is 4.79 Å². The van der Waals surface area contributed by atoms with E-state index in [9.17, 15) is 4.79 Å². The fourth-order valence-electron chi connectivity index (χ4n) is 2.42. The van der Waals surface area contributed by atoms with E-state index in [-0.39, 0.29) is 11.3 Å². The second-order valence-corrected chi connectivity index (χ2v) is 6.34. The van der Waals surface area contributed by atoms with Gasteiger partial charge in [0.2, 0.25) is 0 Å². The first-order valence-electron chi connectivity index (χ1n) is 7.12. The van der Waals surface area contributed by atoms with Crippen LogP contribution >= 0.6 is 0 Å². The van der Waals surface area contributed by atoms with Gasteiger partial charge in [0.05, 0.1) is 5.56 Å². The van der Waals surface area contributed by atoms with E-state index in [2.05, 4.69) is 38.2 Å². The zero-order chi connectivity index (χ0) is 15.0. The van der Waals surface area contributed by atoms with Crippen LogP contribution in [-0.4, -0.2) is 5.91 Å². The Kier molecular flexibility index (Phi) is 3.20. The Morgan fingerprint density at radius 1 is 1.00 bits per heavy atom. The van der Waals surface area contributed by atoms with Crippen LogP contribution in [0.4, 0.5) is 0 Å². The number of rotatable bonds is 1. The number of benzene rings is 2. The lowest BCUT2D eigenvalue weighted by Crippen LogP contribution is -2.36. The van der Waals surface area contributed by atoms with Gasteiger partial charge < -0.3 is 10.1 Å². The maximum absolute atomic E-state index is 12.1. The molecule has 0 saturated carbocycles. The molecule has 0 aliphatic carbocycles. The Morgan fingerprint density at radius 3 is 2.33 bits per heavy atom. The molecule has 1 amide bonds. The second-order valence-electron chi connectivity index (χ2n) is 6.34. The summed E-state index contributed by atoms with van der Waals surface area (Å²) in [5, 5.41) is 2.89. The van der Waals surface area contributed by atoms with E-state index >= 15 is 0 Å². The predicted octanol–water partition coefficient (Wildman–Crippen LogP) is 3.81. The van der Waals surface area contributed by atoms with Crippen molar-refractivity contribution in [1.82, 2.24) is 5.32 Å². The highest BCUT2D eigenvalue weighted by Crippen LogP contribution is 2.30. The van der Waals surface area contributed by atoms with Crippen molar-refractivity contribution in [2.24, 2.45) is 0 Å². The summed E-state index contributed by atoms with van der Waals surface area (Å²) < 4.78 is 5.88. The van der Waals surface area contributed by atoms with Crippen molar-refractivity contribution in [3.63, 3.8) is 0 Å². The molecule has 0 aromatic heterocycles. The minimum Gasteiger partial charge on any atom is -0.466 e. The Hall–Kier alpha value is -2.29. The first kappa shape index (κ1) is 13.7. The molecule has 0 unspecified atom stereocenters. The van der Waals surface area contributed by atoms with E-state index < -0.39 is 6.23 Å². The Balaban J connectivity index is 1.88. The summed E-state index contributed by atoms with van der Waals surface area (Å²) in [5.74, 6) is 0.535. The average Bonchev–Trinajstić information content (AvgIpc) is 2.46. The third kappa shape index (κ3) is 2.64. The first-order chi connectivity index (χ1) is 9.95. The molecule has 3 heteroatoms. The highest BCUT2D eigenvalue weighted by atomic mass is 16.5. The average molecular weight is 281 g/mol. The molecule has 2 aromatic carbocycles. The van der Waals surface area contributed by atoms with Crippen LogP contribution in [0.3, 0.4) is 0 Å². The zero-order valence-corrected chi connectivity index (χ0v) is 12.5. The highest BCUT2D eigenvalue weighted by molar-refractivity contribution is 5.97. The summed E-state index contributed by atoms with van der Waals surface area (Å²) in [6, 6.07) is 15.5. The van der Waals surface area contributed by atoms with E-state index in [0.29, 0.717) is 11.3 Å². The smallest absolute Gasteiger partial charge is 0.258 e. The van der Waals surface area contributed by atoms with Crippen LogP contribution in [0.2, 0.25) is 0 Å². The fraction of sp³-hybridized carbons (Fsp3) is 0.278. The highest BCUT2D eigenvalue weighted by Gasteiger charge is 2.26. The fourth-order valence-corrected chi connectivity index (χ4v) is 2.42. The molecular formula is C18H19NO2. The summed E-state index contributed by atoms with van der Waals surface area (Å²) in [4.78, 5) is 12.1. The normalized spacial score (nSPS) is 17.7. The summed E-state index contributed by atoms with van der Waals surface area (Å²) in [5.41, 5.74) is 2.90. The number of fused-ring (bicyclic) bond motifs is 1. The van der Waals surface area contributed by atoms with Crippen molar-refractivity contribution < 1.29 is 9.53 Å². The van der Waals surface area contributed by atoms with Gasteiger partial charge in [0.1, 0.15) is 5.75 Å². The minimum atomic E-state index is -0.429. The zero-order valence-electron chi connectivity index (χ0n) is 12.5. The summed E-state index contributed by atoms with van der Waals surface area (Å²) in [6.45, 7) is 6.53. The molecule has 108 valence electrons. The van der Waals surface area contributed by atoms with Crippen molar-refractivity contribution in [2.45, 2.75) is 32.4 Å². The molecule has 3 nitrogen and oxygen atoms in total. The van der Waals surface area contributed by atoms with Crippen molar-refractivity contribution in [3.05, 3.63) is 65.2 Å². The minimum absolute atomic E-state index is 0.0956. The van der Waals surface area contributed by atoms with Gasteiger partial charge >= 0.3 is 0 Å². The summed E-state index contributed by atoms with van der Waals surface area (Å²) in [6.07, 6.45) is -0.429. The number of ether oxygens (including phenoxy) is 1. The molecule has 0 bridgehead atoms. The van der Waals surface area contributed by atoms with Crippen LogP contribution < -0.4 is 10.1 Å². The SMILES string of the molecule is CC(C)(C)c1ccc([C@H]2NC(=O)c3ccccc3O2)cc1. The van der Waals surface area contributed by atoms with Crippen LogP contribution in [0.15, 0.2) is 48.5 Å². The Labute approximate surface area is 124 Å². The van der Waals surface area contributed by atoms with E-state index in [1.165, 1.54) is 5.56 Å². The van der Waals surface area contributed by atoms with Gasteiger partial charge in [-0.25, -0.2) is 0 Å². The Bertz CT molecular complexity index is 668. The number of amides is 1. The molecule has 1 aliphatic rings. The third-order valence-electron chi connectivity index (χ3n) is 3.72. The first-order valence-corrected chi connectivity index (χ1v) is 7.12. The van der Waals surface area contributed by atoms with E-state index in [1.807, 2.05) is 30.3 Å². The number of nitrogens with one attached hydrogen (secondary N) is 1. The van der Waals surface area contributed by atoms with Gasteiger partial charge in [-0.1, -0.05) is 57.2 Å². The maximum Gasteiger partial charge on any atom is 0.258 e. The second kappa shape index (κ2) is 4.92. The van der Waals surface area contributed by atoms with Crippen molar-refractivity contribution in [3.8, 4) is 5.75 Å². The van der Waals surface area contributed by atoms with E-state index in [4.69, 9.17) is 4.74 Å². The van der Waals surface area contributed by atoms with Gasteiger partial charge in [-0.05, 0) is 23.1 Å². The van der Waals surface area contributed by atoms with Crippen LogP contribution in [0.5, 0.6) is 5.75 Å². The van der Waals surface area contributed by atoms with Gasteiger partial charge in [-0.2, -0.15) is 0 Å². The third-order valence-corrected chi connectivity index (χ3v) is 3.72. The lowest BCUT2D eigenvalue weighted by Gasteiger charge is -2.27. The van der Waals surface area contributed by atoms with Crippen molar-refractivity contribution in [1.29, 1.82) is 0 Å². The summed E-state index contributed by atoms with van der Waals surface area (Å²) >= 11 is 0. The van der Waals surface area contributed by atoms with E-state index in [1.54, 1.807) is 6.07 Å². The molecule has 1 atom stereocenters. The molecule has 0 spiro atoms. The molecule has 21 heavy (non-hydrogen) atoms. The lowest BCUT2D eigenvalue weighted by molar-refractivity contribution is 0.0756. The number of hydrogen-bond donors (Lipinski definition) is 1. The van der Waals surface area contributed by atoms with Crippen LogP contribution in [-0.2, 0) is 5.41 Å². The van der Waals surface area contributed by atoms with Crippen LogP contribution in [0.1, 0.15) is 48.5 Å². The molecule has 1 heterocycles. The number of carbonyl (C=O) groups excluding carboxylic acids is 1. The van der Waals surface area contributed by atoms with Gasteiger partial charge in [-0.15, -0.1) is 0 Å². The topological polar surface area (TPSA) is 38.3 Å². The largest absolute Gasteiger partial charge is 0.466 e. The molecular weight excluding hydrogens is 262 g/mol. The molecule has 1 aliphatic heterocycles. The Morgan fingerprint density at radius 2 is 1.67 bits per heavy atom. The van der Waals surface area contributed by atoms with Gasteiger partial charge in [0.25, 0.3) is 5.91 Å². The molecule has 0 saturated heterocycles. The predicted molar refractivity (Wildman–Crippen MR) is 82.4 cm³/mol. The lowest BCUT2D eigenvalue weighted by atomic mass is 9.86.